The van der Waals surface area contributed by atoms with Gasteiger partial charge in [-0.15, -0.1) is 0 Å². The van der Waals surface area contributed by atoms with E-state index in [9.17, 15) is 8.42 Å². The van der Waals surface area contributed by atoms with Crippen LogP contribution in [0.3, 0.4) is 0 Å². The van der Waals surface area contributed by atoms with E-state index in [4.69, 9.17) is 5.73 Å². The average molecular weight is 396 g/mol. The standard InChI is InChI=1S/C9H8Br2N4O2S/c10-5-1-2-7(6(11)3-5)15-18(16,17)8-4-13-14-9(8)12/h1-4,15H,(H3,12,13,14). The molecule has 1 aromatic carbocycles. The third-order valence-corrected chi connectivity index (χ3v) is 4.64. The first-order chi connectivity index (χ1) is 8.40. The molecule has 9 heteroatoms. The number of sulfonamides is 1. The third kappa shape index (κ3) is 2.68. The number of benzene rings is 1. The van der Waals surface area contributed by atoms with E-state index in [1.807, 2.05) is 0 Å². The summed E-state index contributed by atoms with van der Waals surface area (Å²) in [6.45, 7) is 0. The molecule has 0 saturated carbocycles. The molecule has 0 atom stereocenters. The van der Waals surface area contributed by atoms with Crippen LogP contribution in [0.15, 0.2) is 38.2 Å². The Balaban J connectivity index is 2.37. The van der Waals surface area contributed by atoms with Crippen LogP contribution in [0.2, 0.25) is 0 Å². The van der Waals surface area contributed by atoms with Gasteiger partial charge in [0.2, 0.25) is 0 Å². The molecule has 1 aromatic heterocycles. The molecule has 0 fully saturated rings. The Morgan fingerprint density at radius 3 is 2.61 bits per heavy atom. The van der Waals surface area contributed by atoms with Crippen LogP contribution >= 0.6 is 31.9 Å². The molecule has 2 aromatic rings. The molecule has 6 nitrogen and oxygen atoms in total. The van der Waals surface area contributed by atoms with Crippen LogP contribution in [-0.4, -0.2) is 18.6 Å². The van der Waals surface area contributed by atoms with Crippen molar-refractivity contribution < 1.29 is 8.42 Å². The van der Waals surface area contributed by atoms with Crippen LogP contribution in [-0.2, 0) is 10.0 Å². The first-order valence-corrected chi connectivity index (χ1v) is 7.74. The Bertz CT molecular complexity index is 684. The van der Waals surface area contributed by atoms with Gasteiger partial charge in [-0.1, -0.05) is 15.9 Å². The molecule has 0 spiro atoms. The lowest BCUT2D eigenvalue weighted by atomic mass is 10.3. The normalized spacial score (nSPS) is 11.4. The molecule has 0 radical (unpaired) electrons. The number of H-pyrrole nitrogens is 1. The van der Waals surface area contributed by atoms with Crippen LogP contribution in [0.5, 0.6) is 0 Å². The van der Waals surface area contributed by atoms with Crippen molar-refractivity contribution in [2.75, 3.05) is 10.5 Å². The van der Waals surface area contributed by atoms with Gasteiger partial charge in [-0.3, -0.25) is 9.82 Å². The van der Waals surface area contributed by atoms with E-state index in [1.165, 1.54) is 0 Å². The molecule has 0 amide bonds. The van der Waals surface area contributed by atoms with E-state index in [2.05, 4.69) is 46.8 Å². The van der Waals surface area contributed by atoms with Gasteiger partial charge in [0.1, 0.15) is 10.7 Å². The largest absolute Gasteiger partial charge is 0.383 e. The van der Waals surface area contributed by atoms with Crippen molar-refractivity contribution in [1.29, 1.82) is 0 Å². The molecule has 0 aliphatic carbocycles. The molecule has 0 bridgehead atoms. The number of nitrogen functional groups attached to an aromatic ring is 1. The second kappa shape index (κ2) is 4.90. The summed E-state index contributed by atoms with van der Waals surface area (Å²) in [7, 11) is -3.75. The number of halogens is 2. The highest BCUT2D eigenvalue weighted by Gasteiger charge is 2.20. The van der Waals surface area contributed by atoms with Gasteiger partial charge in [-0.25, -0.2) is 8.42 Å². The molecular formula is C9H8Br2N4O2S. The minimum Gasteiger partial charge on any atom is -0.383 e. The molecule has 18 heavy (non-hydrogen) atoms. The van der Waals surface area contributed by atoms with Gasteiger partial charge in [0.25, 0.3) is 10.0 Å². The smallest absolute Gasteiger partial charge is 0.267 e. The Kier molecular flexibility index (Phi) is 3.64. The predicted molar refractivity (Wildman–Crippen MR) is 75.7 cm³/mol. The molecular weight excluding hydrogens is 388 g/mol. The van der Waals surface area contributed by atoms with Crippen molar-refractivity contribution in [1.82, 2.24) is 10.2 Å². The number of anilines is 2. The summed E-state index contributed by atoms with van der Waals surface area (Å²) < 4.78 is 27.9. The fourth-order valence-corrected chi connectivity index (χ4v) is 3.65. The van der Waals surface area contributed by atoms with E-state index in [0.717, 1.165) is 10.7 Å². The van der Waals surface area contributed by atoms with Gasteiger partial charge in [-0.2, -0.15) is 5.10 Å². The van der Waals surface area contributed by atoms with Crippen LogP contribution < -0.4 is 10.5 Å². The Hall–Kier alpha value is -1.06. The summed E-state index contributed by atoms with van der Waals surface area (Å²) in [6, 6.07) is 5.08. The molecule has 0 unspecified atom stereocenters. The van der Waals surface area contributed by atoms with Crippen LogP contribution in [0.25, 0.3) is 0 Å². The first kappa shape index (κ1) is 13.4. The zero-order chi connectivity index (χ0) is 13.3. The number of aromatic amines is 1. The number of hydrogen-bond donors (Lipinski definition) is 3. The zero-order valence-electron chi connectivity index (χ0n) is 8.81. The van der Waals surface area contributed by atoms with E-state index in [0.29, 0.717) is 10.2 Å². The quantitative estimate of drug-likeness (QED) is 0.742. The summed E-state index contributed by atoms with van der Waals surface area (Å²) >= 11 is 6.55. The van der Waals surface area contributed by atoms with Gasteiger partial charge in [-0.05, 0) is 34.1 Å². The second-order valence-corrected chi connectivity index (χ2v) is 6.80. The van der Waals surface area contributed by atoms with Gasteiger partial charge in [0.05, 0.1) is 11.9 Å². The summed E-state index contributed by atoms with van der Waals surface area (Å²) in [5.41, 5.74) is 5.90. The van der Waals surface area contributed by atoms with Crippen molar-refractivity contribution in [2.24, 2.45) is 0 Å². The average Bonchev–Trinajstić information content (AvgIpc) is 2.69. The minimum absolute atomic E-state index is 0.00395. The van der Waals surface area contributed by atoms with Crippen LogP contribution in [0.4, 0.5) is 11.5 Å². The third-order valence-electron chi connectivity index (χ3n) is 2.10. The number of nitrogens with two attached hydrogens (primary N) is 1. The van der Waals surface area contributed by atoms with Gasteiger partial charge in [0.15, 0.2) is 0 Å². The SMILES string of the molecule is Nc1[nH]ncc1S(=O)(=O)Nc1ccc(Br)cc1Br. The molecule has 0 aliphatic rings. The lowest BCUT2D eigenvalue weighted by Gasteiger charge is -2.09. The Labute approximate surface area is 120 Å². The molecule has 2 rings (SSSR count). The number of hydrogen-bond acceptors (Lipinski definition) is 4. The number of rotatable bonds is 3. The highest BCUT2D eigenvalue weighted by atomic mass is 79.9. The lowest BCUT2D eigenvalue weighted by molar-refractivity contribution is 0.601. The molecule has 4 N–H and O–H groups in total. The van der Waals surface area contributed by atoms with Crippen LogP contribution in [0.1, 0.15) is 0 Å². The maximum atomic E-state index is 12.0. The van der Waals surface area contributed by atoms with Gasteiger partial charge in [0, 0.05) is 8.95 Å². The zero-order valence-corrected chi connectivity index (χ0v) is 12.8. The lowest BCUT2D eigenvalue weighted by Crippen LogP contribution is -2.14. The highest BCUT2D eigenvalue weighted by Crippen LogP contribution is 2.28. The minimum atomic E-state index is -3.75. The van der Waals surface area contributed by atoms with Crippen molar-refractivity contribution in [3.05, 3.63) is 33.3 Å². The van der Waals surface area contributed by atoms with Crippen molar-refractivity contribution in [3.8, 4) is 0 Å². The fraction of sp³-hybridized carbons (Fsp3) is 0. The Morgan fingerprint density at radius 1 is 1.33 bits per heavy atom. The van der Waals surface area contributed by atoms with Crippen molar-refractivity contribution in [2.45, 2.75) is 4.90 Å². The Morgan fingerprint density at radius 2 is 2.06 bits per heavy atom. The molecule has 96 valence electrons. The van der Waals surface area contributed by atoms with Crippen molar-refractivity contribution >= 4 is 53.4 Å². The maximum Gasteiger partial charge on any atom is 0.267 e. The number of nitrogens with zero attached hydrogens (tertiary/aromatic N) is 1. The summed E-state index contributed by atoms with van der Waals surface area (Å²) in [5.74, 6) is -0.00395. The maximum absolute atomic E-state index is 12.0. The summed E-state index contributed by atoms with van der Waals surface area (Å²) in [4.78, 5) is -0.0858. The predicted octanol–water partition coefficient (Wildman–Crippen LogP) is 2.32. The summed E-state index contributed by atoms with van der Waals surface area (Å²) in [5, 5.41) is 5.95. The van der Waals surface area contributed by atoms with Gasteiger partial charge >= 0.3 is 0 Å². The molecule has 1 heterocycles. The number of nitrogens with one attached hydrogen (secondary N) is 2. The van der Waals surface area contributed by atoms with Crippen molar-refractivity contribution in [3.63, 3.8) is 0 Å². The van der Waals surface area contributed by atoms with E-state index in [-0.39, 0.29) is 10.7 Å². The van der Waals surface area contributed by atoms with E-state index < -0.39 is 10.0 Å². The van der Waals surface area contributed by atoms with E-state index in [1.54, 1.807) is 18.2 Å². The van der Waals surface area contributed by atoms with Crippen LogP contribution in [0, 0.1) is 0 Å². The molecule has 0 aliphatic heterocycles. The fourth-order valence-electron chi connectivity index (χ4n) is 1.27. The number of aromatic nitrogens is 2. The first-order valence-electron chi connectivity index (χ1n) is 4.67. The molecule has 0 saturated heterocycles. The topological polar surface area (TPSA) is 101 Å². The highest BCUT2D eigenvalue weighted by molar-refractivity contribution is 9.11. The second-order valence-electron chi connectivity index (χ2n) is 3.38. The van der Waals surface area contributed by atoms with E-state index >= 15 is 0 Å². The van der Waals surface area contributed by atoms with Gasteiger partial charge < -0.3 is 5.73 Å². The summed E-state index contributed by atoms with van der Waals surface area (Å²) in [6.07, 6.45) is 1.16. The monoisotopic (exact) mass is 394 g/mol.